The van der Waals surface area contributed by atoms with E-state index in [1.165, 1.54) is 4.88 Å². The van der Waals surface area contributed by atoms with Gasteiger partial charge in [-0.2, -0.15) is 5.10 Å². The molecule has 3 aromatic rings. The quantitative estimate of drug-likeness (QED) is 0.772. The summed E-state index contributed by atoms with van der Waals surface area (Å²) < 4.78 is 0. The number of aromatic amines is 1. The van der Waals surface area contributed by atoms with E-state index in [-0.39, 0.29) is 11.5 Å². The third kappa shape index (κ3) is 2.38. The fourth-order valence-corrected chi connectivity index (χ4v) is 3.21. The van der Waals surface area contributed by atoms with E-state index in [1.807, 2.05) is 0 Å². The van der Waals surface area contributed by atoms with Crippen LogP contribution in [0.2, 0.25) is 0 Å². The fourth-order valence-electron chi connectivity index (χ4n) is 2.19. The van der Waals surface area contributed by atoms with Crippen molar-refractivity contribution in [2.45, 2.75) is 26.8 Å². The van der Waals surface area contributed by atoms with Gasteiger partial charge >= 0.3 is 0 Å². The second-order valence-corrected chi connectivity index (χ2v) is 6.79. The first-order chi connectivity index (χ1) is 9.55. The van der Waals surface area contributed by atoms with Gasteiger partial charge in [0.25, 0.3) is 0 Å². The summed E-state index contributed by atoms with van der Waals surface area (Å²) in [6.45, 7) is 6.66. The van der Waals surface area contributed by atoms with Crippen LogP contribution in [0.5, 0.6) is 0 Å². The number of H-pyrrole nitrogens is 1. The molecule has 0 radical (unpaired) electrons. The molecular formula is C14H17N5S. The predicted octanol–water partition coefficient (Wildman–Crippen LogP) is 3.61. The Kier molecular flexibility index (Phi) is 3.17. The number of hydrogen-bond donors (Lipinski definition) is 2. The van der Waals surface area contributed by atoms with Gasteiger partial charge in [0.2, 0.25) is 0 Å². The van der Waals surface area contributed by atoms with Gasteiger partial charge < -0.3 is 5.32 Å². The number of nitrogens with zero attached hydrogens (tertiary/aromatic N) is 3. The lowest BCUT2D eigenvalue weighted by molar-refractivity contribution is 0.351. The molecule has 0 aliphatic heterocycles. The molecule has 1 atom stereocenters. The minimum atomic E-state index is 0.0753. The van der Waals surface area contributed by atoms with Crippen LogP contribution in [-0.4, -0.2) is 20.2 Å². The number of anilines is 1. The highest BCUT2D eigenvalue weighted by atomic mass is 32.1. The molecule has 104 valence electrons. The van der Waals surface area contributed by atoms with Crippen LogP contribution < -0.4 is 5.32 Å². The molecule has 0 fully saturated rings. The average Bonchev–Trinajstić information content (AvgIpc) is 3.05. The Morgan fingerprint density at radius 1 is 1.30 bits per heavy atom. The van der Waals surface area contributed by atoms with E-state index >= 15 is 0 Å². The van der Waals surface area contributed by atoms with Gasteiger partial charge in [-0.25, -0.2) is 9.97 Å². The number of aromatic nitrogens is 4. The Morgan fingerprint density at radius 3 is 2.85 bits per heavy atom. The van der Waals surface area contributed by atoms with Gasteiger partial charge in [0, 0.05) is 4.88 Å². The number of rotatable bonds is 3. The lowest BCUT2D eigenvalue weighted by Gasteiger charge is -2.31. The van der Waals surface area contributed by atoms with Crippen molar-refractivity contribution in [2.75, 3.05) is 5.32 Å². The monoisotopic (exact) mass is 287 g/mol. The Balaban J connectivity index is 2.00. The van der Waals surface area contributed by atoms with Crippen LogP contribution in [0.4, 0.5) is 5.82 Å². The highest BCUT2D eigenvalue weighted by Gasteiger charge is 2.28. The van der Waals surface area contributed by atoms with Crippen molar-refractivity contribution in [3.8, 4) is 0 Å². The molecule has 0 saturated heterocycles. The molecule has 2 N–H and O–H groups in total. The van der Waals surface area contributed by atoms with Crippen molar-refractivity contribution in [3.63, 3.8) is 0 Å². The van der Waals surface area contributed by atoms with E-state index in [4.69, 9.17) is 0 Å². The number of fused-ring (bicyclic) bond motifs is 1. The van der Waals surface area contributed by atoms with Gasteiger partial charge in [0.15, 0.2) is 5.65 Å². The molecule has 20 heavy (non-hydrogen) atoms. The Morgan fingerprint density at radius 2 is 2.15 bits per heavy atom. The normalized spacial score (nSPS) is 13.6. The van der Waals surface area contributed by atoms with Crippen LogP contribution in [0.15, 0.2) is 30.0 Å². The third-order valence-electron chi connectivity index (χ3n) is 3.22. The summed E-state index contributed by atoms with van der Waals surface area (Å²) in [4.78, 5) is 9.83. The zero-order valence-corrected chi connectivity index (χ0v) is 12.5. The van der Waals surface area contributed by atoms with Gasteiger partial charge in [-0.15, -0.1) is 11.3 Å². The van der Waals surface area contributed by atoms with Gasteiger partial charge in [0.1, 0.15) is 12.1 Å². The Labute approximate surface area is 121 Å². The molecule has 3 rings (SSSR count). The molecule has 0 aliphatic carbocycles. The second-order valence-electron chi connectivity index (χ2n) is 5.81. The first kappa shape index (κ1) is 13.1. The molecule has 0 amide bonds. The maximum atomic E-state index is 4.36. The summed E-state index contributed by atoms with van der Waals surface area (Å²) in [6, 6.07) is 4.42. The number of thiophene rings is 1. The summed E-state index contributed by atoms with van der Waals surface area (Å²) in [5.41, 5.74) is 0.826. The van der Waals surface area contributed by atoms with Crippen LogP contribution in [0, 0.1) is 5.41 Å². The molecule has 0 saturated carbocycles. The first-order valence-corrected chi connectivity index (χ1v) is 7.37. The van der Waals surface area contributed by atoms with Crippen molar-refractivity contribution < 1.29 is 0 Å². The zero-order valence-electron chi connectivity index (χ0n) is 11.7. The van der Waals surface area contributed by atoms with Crippen LogP contribution in [0.1, 0.15) is 31.7 Å². The van der Waals surface area contributed by atoms with Gasteiger partial charge in [0.05, 0.1) is 17.6 Å². The highest BCUT2D eigenvalue weighted by molar-refractivity contribution is 7.10. The molecule has 0 aromatic carbocycles. The predicted molar refractivity (Wildman–Crippen MR) is 81.8 cm³/mol. The lowest BCUT2D eigenvalue weighted by Crippen LogP contribution is -2.25. The van der Waals surface area contributed by atoms with Crippen LogP contribution in [0.3, 0.4) is 0 Å². The third-order valence-corrected chi connectivity index (χ3v) is 4.16. The molecule has 3 heterocycles. The number of nitrogens with one attached hydrogen (secondary N) is 2. The largest absolute Gasteiger partial charge is 0.361 e. The van der Waals surface area contributed by atoms with Gasteiger partial charge in [-0.05, 0) is 16.9 Å². The Hall–Kier alpha value is -1.95. The molecule has 3 aromatic heterocycles. The standard InChI is InChI=1S/C14H17N5S/c1-14(2,3)11(10-5-4-6-20-10)18-12-9-7-17-19-13(9)16-8-15-12/h4-8,11H,1-3H3,(H2,15,16,17,18,19). The average molecular weight is 287 g/mol. The van der Waals surface area contributed by atoms with Crippen LogP contribution in [0.25, 0.3) is 11.0 Å². The van der Waals surface area contributed by atoms with Crippen LogP contribution >= 0.6 is 11.3 Å². The van der Waals surface area contributed by atoms with Crippen molar-refractivity contribution in [3.05, 3.63) is 34.9 Å². The van der Waals surface area contributed by atoms with Crippen molar-refractivity contribution in [1.82, 2.24) is 20.2 Å². The molecule has 0 bridgehead atoms. The maximum Gasteiger partial charge on any atom is 0.160 e. The van der Waals surface area contributed by atoms with Crippen LogP contribution in [-0.2, 0) is 0 Å². The summed E-state index contributed by atoms with van der Waals surface area (Å²) in [5.74, 6) is 0.817. The SMILES string of the molecule is CC(C)(C)C(Nc1ncnc2[nH]ncc12)c1cccs1. The zero-order chi connectivity index (χ0) is 14.2. The molecule has 5 nitrogen and oxygen atoms in total. The highest BCUT2D eigenvalue weighted by Crippen LogP contribution is 2.38. The fraction of sp³-hybridized carbons (Fsp3) is 0.357. The van der Waals surface area contributed by atoms with E-state index in [0.29, 0.717) is 0 Å². The lowest BCUT2D eigenvalue weighted by atomic mass is 9.85. The molecule has 1 unspecified atom stereocenters. The molecule has 0 aliphatic rings. The van der Waals surface area contributed by atoms with E-state index in [0.717, 1.165) is 16.9 Å². The molecule has 0 spiro atoms. The van der Waals surface area contributed by atoms with Crippen molar-refractivity contribution in [1.29, 1.82) is 0 Å². The van der Waals surface area contributed by atoms with Crippen molar-refractivity contribution >= 4 is 28.2 Å². The van der Waals surface area contributed by atoms with E-state index in [9.17, 15) is 0 Å². The summed E-state index contributed by atoms with van der Waals surface area (Å²) in [6.07, 6.45) is 3.31. The minimum Gasteiger partial charge on any atom is -0.361 e. The molecule has 6 heteroatoms. The van der Waals surface area contributed by atoms with Gasteiger partial charge in [-0.3, -0.25) is 5.10 Å². The Bertz CT molecular complexity index is 696. The van der Waals surface area contributed by atoms with Gasteiger partial charge in [-0.1, -0.05) is 26.8 Å². The smallest absolute Gasteiger partial charge is 0.160 e. The first-order valence-electron chi connectivity index (χ1n) is 6.50. The summed E-state index contributed by atoms with van der Waals surface area (Å²) in [5, 5.41) is 13.5. The minimum absolute atomic E-state index is 0.0753. The van der Waals surface area contributed by atoms with E-state index in [1.54, 1.807) is 23.9 Å². The summed E-state index contributed by atoms with van der Waals surface area (Å²) >= 11 is 1.76. The van der Waals surface area contributed by atoms with Crippen molar-refractivity contribution in [2.24, 2.45) is 5.41 Å². The number of hydrogen-bond acceptors (Lipinski definition) is 5. The topological polar surface area (TPSA) is 66.5 Å². The second kappa shape index (κ2) is 4.86. The van der Waals surface area contributed by atoms with E-state index < -0.39 is 0 Å². The maximum absolute atomic E-state index is 4.36. The summed E-state index contributed by atoms with van der Waals surface area (Å²) in [7, 11) is 0. The molecular weight excluding hydrogens is 270 g/mol. The van der Waals surface area contributed by atoms with E-state index in [2.05, 4.69) is 63.8 Å².